The number of rotatable bonds is 6. The first-order valence-electron chi connectivity index (χ1n) is 10.8. The molecule has 1 aromatic carbocycles. The maximum atomic E-state index is 13.8. The standard InChI is InChI=1S/C23H25F3N4O3/c1-14(19-10-18(25)11-21(26)28-19)27-23(32)20(13-29-4-6-33-7-5-29)30-12-16-8-17(24)3-2-15(16)9-22(30)31/h2-3,8,10-11,14,20H,4-7,9,12-13H2,1H3,(H,27,32)/t14-,20-/m1/s1. The lowest BCUT2D eigenvalue weighted by Crippen LogP contribution is -2.57. The third-order valence-corrected chi connectivity index (χ3v) is 5.97. The minimum Gasteiger partial charge on any atom is -0.379 e. The fourth-order valence-corrected chi connectivity index (χ4v) is 4.18. The van der Waals surface area contributed by atoms with Crippen LogP contribution < -0.4 is 5.32 Å². The molecule has 10 heteroatoms. The Morgan fingerprint density at radius 2 is 1.88 bits per heavy atom. The molecular formula is C23H25F3N4O3. The van der Waals surface area contributed by atoms with E-state index in [1.54, 1.807) is 13.0 Å². The summed E-state index contributed by atoms with van der Waals surface area (Å²) < 4.78 is 46.3. The van der Waals surface area contributed by atoms with E-state index in [4.69, 9.17) is 4.74 Å². The van der Waals surface area contributed by atoms with Crippen molar-refractivity contribution in [3.63, 3.8) is 0 Å². The summed E-state index contributed by atoms with van der Waals surface area (Å²) in [6.07, 6.45) is 0.0642. The van der Waals surface area contributed by atoms with Gasteiger partial charge in [-0.15, -0.1) is 0 Å². The van der Waals surface area contributed by atoms with Crippen molar-refractivity contribution < 1.29 is 27.5 Å². The van der Waals surface area contributed by atoms with Crippen molar-refractivity contribution in [2.75, 3.05) is 32.8 Å². The lowest BCUT2D eigenvalue weighted by Gasteiger charge is -2.38. The zero-order chi connectivity index (χ0) is 23.5. The van der Waals surface area contributed by atoms with Crippen LogP contribution in [0.4, 0.5) is 13.2 Å². The summed E-state index contributed by atoms with van der Waals surface area (Å²) in [4.78, 5) is 33.4. The molecule has 0 aliphatic carbocycles. The van der Waals surface area contributed by atoms with Crippen LogP contribution in [0.3, 0.4) is 0 Å². The molecule has 1 fully saturated rings. The zero-order valence-electron chi connectivity index (χ0n) is 18.2. The molecule has 2 atom stereocenters. The fraction of sp³-hybridized carbons (Fsp3) is 0.435. The molecule has 3 heterocycles. The monoisotopic (exact) mass is 462 g/mol. The molecule has 0 radical (unpaired) electrons. The Labute approximate surface area is 189 Å². The number of aromatic nitrogens is 1. The van der Waals surface area contributed by atoms with Gasteiger partial charge in [-0.2, -0.15) is 4.39 Å². The minimum absolute atomic E-state index is 0.0309. The van der Waals surface area contributed by atoms with Crippen LogP contribution in [-0.4, -0.2) is 65.5 Å². The normalized spacial score (nSPS) is 18.5. The number of morpholine rings is 1. The van der Waals surface area contributed by atoms with Gasteiger partial charge in [-0.25, -0.2) is 13.8 Å². The van der Waals surface area contributed by atoms with Gasteiger partial charge in [-0.1, -0.05) is 6.07 Å². The molecule has 0 unspecified atom stereocenters. The molecule has 4 rings (SSSR count). The summed E-state index contributed by atoms with van der Waals surface area (Å²) in [6, 6.07) is 4.31. The molecule has 1 aromatic heterocycles. The Morgan fingerprint density at radius 3 is 2.61 bits per heavy atom. The number of amides is 2. The van der Waals surface area contributed by atoms with Crippen LogP contribution >= 0.6 is 0 Å². The van der Waals surface area contributed by atoms with Crippen LogP contribution in [0.2, 0.25) is 0 Å². The molecule has 1 saturated heterocycles. The highest BCUT2D eigenvalue weighted by Gasteiger charge is 2.35. The second-order valence-corrected chi connectivity index (χ2v) is 8.30. The number of nitrogens with zero attached hydrogens (tertiary/aromatic N) is 3. The van der Waals surface area contributed by atoms with E-state index in [2.05, 4.69) is 10.3 Å². The molecule has 1 N–H and O–H groups in total. The summed E-state index contributed by atoms with van der Waals surface area (Å²) >= 11 is 0. The molecule has 176 valence electrons. The van der Waals surface area contributed by atoms with E-state index in [1.165, 1.54) is 17.0 Å². The average molecular weight is 462 g/mol. The lowest BCUT2D eigenvalue weighted by molar-refractivity contribution is -0.143. The SMILES string of the molecule is C[C@@H](NC(=O)[C@@H](CN1CCOCC1)N1Cc2cc(F)ccc2CC1=O)c1cc(F)cc(F)n1. The Hall–Kier alpha value is -2.98. The summed E-state index contributed by atoms with van der Waals surface area (Å²) in [5, 5.41) is 2.73. The quantitative estimate of drug-likeness (QED) is 0.665. The predicted octanol–water partition coefficient (Wildman–Crippen LogP) is 1.96. The number of hydrogen-bond donors (Lipinski definition) is 1. The Kier molecular flexibility index (Phi) is 6.94. The molecule has 0 saturated carbocycles. The van der Waals surface area contributed by atoms with E-state index in [-0.39, 0.29) is 31.1 Å². The third kappa shape index (κ3) is 5.51. The number of pyridine rings is 1. The summed E-state index contributed by atoms with van der Waals surface area (Å²) in [5.74, 6) is -2.92. The second-order valence-electron chi connectivity index (χ2n) is 8.30. The van der Waals surface area contributed by atoms with Gasteiger partial charge in [0.1, 0.15) is 17.7 Å². The number of hydrogen-bond acceptors (Lipinski definition) is 5. The maximum absolute atomic E-state index is 13.8. The number of carbonyl (C=O) groups excluding carboxylic acids is 2. The number of ether oxygens (including phenoxy) is 1. The van der Waals surface area contributed by atoms with E-state index in [0.29, 0.717) is 37.9 Å². The maximum Gasteiger partial charge on any atom is 0.244 e. The first-order chi connectivity index (χ1) is 15.8. The highest BCUT2D eigenvalue weighted by Crippen LogP contribution is 2.24. The van der Waals surface area contributed by atoms with Gasteiger partial charge < -0.3 is 15.0 Å². The smallest absolute Gasteiger partial charge is 0.244 e. The minimum atomic E-state index is -0.985. The van der Waals surface area contributed by atoms with Gasteiger partial charge in [0, 0.05) is 32.2 Å². The third-order valence-electron chi connectivity index (χ3n) is 5.97. The van der Waals surface area contributed by atoms with Crippen LogP contribution in [0.15, 0.2) is 30.3 Å². The molecule has 2 amide bonds. The highest BCUT2D eigenvalue weighted by molar-refractivity contribution is 5.89. The number of halogens is 3. The molecule has 2 aliphatic heterocycles. The van der Waals surface area contributed by atoms with Crippen molar-refractivity contribution in [2.24, 2.45) is 0 Å². The van der Waals surface area contributed by atoms with Gasteiger partial charge in [0.25, 0.3) is 0 Å². The second kappa shape index (κ2) is 9.88. The molecular weight excluding hydrogens is 437 g/mol. The van der Waals surface area contributed by atoms with E-state index in [1.807, 2.05) is 4.90 Å². The average Bonchev–Trinajstić information content (AvgIpc) is 2.77. The molecule has 2 aromatic rings. The van der Waals surface area contributed by atoms with E-state index in [9.17, 15) is 22.8 Å². The van der Waals surface area contributed by atoms with E-state index < -0.39 is 35.6 Å². The lowest BCUT2D eigenvalue weighted by atomic mass is 9.97. The van der Waals surface area contributed by atoms with Gasteiger partial charge in [-0.05, 0) is 36.2 Å². The Balaban J connectivity index is 1.57. The van der Waals surface area contributed by atoms with Gasteiger partial charge in [0.05, 0.1) is 31.4 Å². The first-order valence-corrected chi connectivity index (χ1v) is 10.8. The Bertz CT molecular complexity index is 1030. The highest BCUT2D eigenvalue weighted by atomic mass is 19.1. The largest absolute Gasteiger partial charge is 0.379 e. The van der Waals surface area contributed by atoms with Gasteiger partial charge in [-0.3, -0.25) is 14.5 Å². The Morgan fingerprint density at radius 1 is 1.12 bits per heavy atom. The summed E-state index contributed by atoms with van der Waals surface area (Å²) in [7, 11) is 0. The van der Waals surface area contributed by atoms with Gasteiger partial charge in [0.2, 0.25) is 17.8 Å². The number of benzene rings is 1. The van der Waals surface area contributed by atoms with Crippen LogP contribution in [0.25, 0.3) is 0 Å². The van der Waals surface area contributed by atoms with Crippen molar-refractivity contribution in [3.05, 3.63) is 64.7 Å². The van der Waals surface area contributed by atoms with Crippen molar-refractivity contribution >= 4 is 11.8 Å². The van der Waals surface area contributed by atoms with Crippen molar-refractivity contribution in [3.8, 4) is 0 Å². The zero-order valence-corrected chi connectivity index (χ0v) is 18.2. The van der Waals surface area contributed by atoms with Crippen molar-refractivity contribution in [1.29, 1.82) is 0 Å². The number of nitrogens with one attached hydrogen (secondary N) is 1. The van der Waals surface area contributed by atoms with Crippen molar-refractivity contribution in [1.82, 2.24) is 20.1 Å². The molecule has 33 heavy (non-hydrogen) atoms. The van der Waals surface area contributed by atoms with E-state index in [0.717, 1.165) is 11.6 Å². The van der Waals surface area contributed by atoms with Crippen molar-refractivity contribution in [2.45, 2.75) is 32.0 Å². The molecule has 2 aliphatic rings. The van der Waals surface area contributed by atoms with Crippen LogP contribution in [-0.2, 0) is 27.3 Å². The fourth-order valence-electron chi connectivity index (χ4n) is 4.18. The number of carbonyl (C=O) groups is 2. The van der Waals surface area contributed by atoms with Gasteiger partial charge >= 0.3 is 0 Å². The van der Waals surface area contributed by atoms with Crippen LogP contribution in [0.5, 0.6) is 0 Å². The molecule has 0 bridgehead atoms. The summed E-state index contributed by atoms with van der Waals surface area (Å²) in [5.41, 5.74) is 1.41. The first kappa shape index (κ1) is 23.2. The summed E-state index contributed by atoms with van der Waals surface area (Å²) in [6.45, 7) is 4.14. The molecule has 0 spiro atoms. The number of fused-ring (bicyclic) bond motifs is 1. The topological polar surface area (TPSA) is 74.8 Å². The van der Waals surface area contributed by atoms with Gasteiger partial charge in [0.15, 0.2) is 0 Å². The molecule has 7 nitrogen and oxygen atoms in total. The predicted molar refractivity (Wildman–Crippen MR) is 112 cm³/mol. The van der Waals surface area contributed by atoms with Crippen LogP contribution in [0, 0.1) is 17.6 Å². The van der Waals surface area contributed by atoms with Crippen LogP contribution in [0.1, 0.15) is 29.8 Å². The van der Waals surface area contributed by atoms with E-state index >= 15 is 0 Å².